The second kappa shape index (κ2) is 7.97. The van der Waals surface area contributed by atoms with Gasteiger partial charge < -0.3 is 25.4 Å². The van der Waals surface area contributed by atoms with Gasteiger partial charge in [-0.2, -0.15) is 0 Å². The largest absolute Gasteiger partial charge is 0.491 e. The average molecular weight is 440 g/mol. The van der Waals surface area contributed by atoms with Gasteiger partial charge in [0.25, 0.3) is 5.91 Å². The molecule has 9 heteroatoms. The number of rotatable bonds is 4. The van der Waals surface area contributed by atoms with Crippen LogP contribution in [0.4, 0.5) is 11.4 Å². The molecule has 2 atom stereocenters. The topological polar surface area (TPSA) is 103 Å². The molecule has 1 aromatic carbocycles. The molecular formula is C22H25N5O3S. The van der Waals surface area contributed by atoms with Crippen molar-refractivity contribution < 1.29 is 14.3 Å². The van der Waals surface area contributed by atoms with E-state index in [0.29, 0.717) is 33.9 Å². The van der Waals surface area contributed by atoms with Gasteiger partial charge in [0.05, 0.1) is 23.5 Å². The van der Waals surface area contributed by atoms with Crippen molar-refractivity contribution in [2.24, 2.45) is 0 Å². The Balaban J connectivity index is 1.28. The van der Waals surface area contributed by atoms with Gasteiger partial charge in [-0.15, -0.1) is 11.3 Å². The van der Waals surface area contributed by atoms with Gasteiger partial charge in [-0.3, -0.25) is 4.79 Å². The number of nitrogens with one attached hydrogen (secondary N) is 1. The highest BCUT2D eigenvalue weighted by Gasteiger charge is 2.27. The van der Waals surface area contributed by atoms with E-state index in [1.807, 2.05) is 6.92 Å². The lowest BCUT2D eigenvalue weighted by molar-refractivity contribution is 0.0920. The number of ether oxygens (including phenoxy) is 2. The first-order valence-electron chi connectivity index (χ1n) is 10.4. The van der Waals surface area contributed by atoms with Gasteiger partial charge in [0, 0.05) is 38.1 Å². The molecule has 4 heterocycles. The van der Waals surface area contributed by atoms with Crippen molar-refractivity contribution in [3.63, 3.8) is 0 Å². The maximum atomic E-state index is 12.9. The van der Waals surface area contributed by atoms with Crippen LogP contribution in [0.25, 0.3) is 10.3 Å². The number of anilines is 2. The van der Waals surface area contributed by atoms with Crippen LogP contribution in [0.5, 0.6) is 5.75 Å². The number of aryl methyl sites for hydroxylation is 1. The van der Waals surface area contributed by atoms with Crippen molar-refractivity contribution >= 4 is 39.0 Å². The maximum absolute atomic E-state index is 12.9. The molecule has 162 valence electrons. The molecule has 5 rings (SSSR count). The number of carbonyl (C=O) groups is 1. The molecule has 3 N–H and O–H groups in total. The molecule has 0 saturated carbocycles. The van der Waals surface area contributed by atoms with E-state index in [-0.39, 0.29) is 18.1 Å². The first kappa shape index (κ1) is 20.0. The number of nitrogen functional groups attached to an aromatic ring is 1. The fourth-order valence-electron chi connectivity index (χ4n) is 4.20. The third-order valence-electron chi connectivity index (χ3n) is 5.90. The first-order chi connectivity index (χ1) is 15.0. The van der Waals surface area contributed by atoms with E-state index in [1.165, 1.54) is 11.3 Å². The molecule has 31 heavy (non-hydrogen) atoms. The Morgan fingerprint density at radius 3 is 3.10 bits per heavy atom. The van der Waals surface area contributed by atoms with Crippen molar-refractivity contribution in [2.45, 2.75) is 31.9 Å². The van der Waals surface area contributed by atoms with Crippen LogP contribution in [-0.4, -0.2) is 54.8 Å². The number of hydrogen-bond acceptors (Lipinski definition) is 8. The molecule has 2 aromatic heterocycles. The van der Waals surface area contributed by atoms with E-state index >= 15 is 0 Å². The van der Waals surface area contributed by atoms with Crippen molar-refractivity contribution in [3.8, 4) is 5.75 Å². The minimum absolute atomic E-state index is 0.122. The maximum Gasteiger partial charge on any atom is 0.263 e. The number of methoxy groups -OCH3 is 1. The molecule has 2 aliphatic rings. The van der Waals surface area contributed by atoms with E-state index in [2.05, 4.69) is 38.4 Å². The Labute approximate surface area is 184 Å². The molecule has 3 aromatic rings. The molecule has 0 aliphatic carbocycles. The van der Waals surface area contributed by atoms with E-state index in [9.17, 15) is 4.79 Å². The number of amides is 1. The van der Waals surface area contributed by atoms with E-state index in [4.69, 9.17) is 15.2 Å². The highest BCUT2D eigenvalue weighted by Crippen LogP contribution is 2.33. The summed E-state index contributed by atoms with van der Waals surface area (Å²) in [6, 6.07) is 6.18. The second-order valence-corrected chi connectivity index (χ2v) is 9.08. The SMILES string of the molecule is CO[C@@H]1CCN(c2ccc3c(c2)OC[C@H](NC(=O)c2sc4nc(C)cnc4c2N)C3)C1. The zero-order chi connectivity index (χ0) is 21.5. The van der Waals surface area contributed by atoms with E-state index in [0.717, 1.165) is 42.2 Å². The molecule has 0 unspecified atom stereocenters. The Kier molecular flexibility index (Phi) is 5.15. The van der Waals surface area contributed by atoms with Gasteiger partial charge >= 0.3 is 0 Å². The van der Waals surface area contributed by atoms with Crippen molar-refractivity contribution in [2.75, 3.05) is 37.4 Å². The predicted octanol–water partition coefficient (Wildman–Crippen LogP) is 2.54. The lowest BCUT2D eigenvalue weighted by Gasteiger charge is -2.28. The first-order valence-corrected chi connectivity index (χ1v) is 11.2. The molecule has 0 bridgehead atoms. The minimum atomic E-state index is -0.212. The summed E-state index contributed by atoms with van der Waals surface area (Å²) in [7, 11) is 1.76. The van der Waals surface area contributed by atoms with Gasteiger partial charge in [-0.05, 0) is 31.4 Å². The van der Waals surface area contributed by atoms with E-state index < -0.39 is 0 Å². The normalized spacial score (nSPS) is 20.5. The molecule has 8 nitrogen and oxygen atoms in total. The molecular weight excluding hydrogens is 414 g/mol. The molecule has 1 fully saturated rings. The summed E-state index contributed by atoms with van der Waals surface area (Å²) < 4.78 is 11.5. The zero-order valence-electron chi connectivity index (χ0n) is 17.6. The minimum Gasteiger partial charge on any atom is -0.491 e. The molecule has 0 spiro atoms. The summed E-state index contributed by atoms with van der Waals surface area (Å²) in [6.07, 6.45) is 3.69. The Bertz CT molecular complexity index is 1150. The summed E-state index contributed by atoms with van der Waals surface area (Å²) in [6.45, 7) is 4.16. The monoisotopic (exact) mass is 439 g/mol. The summed E-state index contributed by atoms with van der Waals surface area (Å²) in [5.41, 5.74) is 10.2. The van der Waals surface area contributed by atoms with Crippen molar-refractivity contribution in [3.05, 3.63) is 40.5 Å². The number of fused-ring (bicyclic) bond motifs is 2. The molecule has 2 aliphatic heterocycles. The van der Waals surface area contributed by atoms with Crippen LogP contribution in [0.1, 0.15) is 27.3 Å². The number of nitrogens with zero attached hydrogens (tertiary/aromatic N) is 3. The van der Waals surface area contributed by atoms with Gasteiger partial charge in [0.2, 0.25) is 0 Å². The van der Waals surface area contributed by atoms with Gasteiger partial charge in [0.15, 0.2) is 0 Å². The fraction of sp³-hybridized carbons (Fsp3) is 0.409. The lowest BCUT2D eigenvalue weighted by atomic mass is 10.0. The molecule has 1 saturated heterocycles. The van der Waals surface area contributed by atoms with Crippen molar-refractivity contribution in [1.29, 1.82) is 0 Å². The van der Waals surface area contributed by atoms with Crippen molar-refractivity contribution in [1.82, 2.24) is 15.3 Å². The van der Waals surface area contributed by atoms with Crippen LogP contribution in [0.2, 0.25) is 0 Å². The third kappa shape index (κ3) is 3.79. The average Bonchev–Trinajstić information content (AvgIpc) is 3.38. The highest BCUT2D eigenvalue weighted by molar-refractivity contribution is 7.21. The number of nitrogens with two attached hydrogens (primary N) is 1. The quantitative estimate of drug-likeness (QED) is 0.644. The van der Waals surface area contributed by atoms with Crippen LogP contribution < -0.4 is 20.7 Å². The zero-order valence-corrected chi connectivity index (χ0v) is 18.4. The fourth-order valence-corrected chi connectivity index (χ4v) is 5.20. The summed E-state index contributed by atoms with van der Waals surface area (Å²) in [5, 5.41) is 3.06. The lowest BCUT2D eigenvalue weighted by Crippen LogP contribution is -2.42. The Hall–Kier alpha value is -2.91. The van der Waals surface area contributed by atoms with Gasteiger partial charge in [0.1, 0.15) is 27.6 Å². The Morgan fingerprint density at radius 1 is 1.42 bits per heavy atom. The smallest absolute Gasteiger partial charge is 0.263 e. The van der Waals surface area contributed by atoms with Crippen LogP contribution in [0.3, 0.4) is 0 Å². The summed E-state index contributed by atoms with van der Waals surface area (Å²) >= 11 is 1.27. The highest BCUT2D eigenvalue weighted by atomic mass is 32.1. The van der Waals surface area contributed by atoms with Crippen LogP contribution in [0.15, 0.2) is 24.4 Å². The van der Waals surface area contributed by atoms with E-state index in [1.54, 1.807) is 13.3 Å². The number of thiophene rings is 1. The summed E-state index contributed by atoms with van der Waals surface area (Å²) in [5.74, 6) is 0.672. The number of hydrogen-bond donors (Lipinski definition) is 2. The molecule has 0 radical (unpaired) electrons. The number of aromatic nitrogens is 2. The standard InChI is InChI=1S/C22H25N5O3S/c1-12-9-24-19-18(23)20(31-22(19)25-12)21(28)26-14-7-13-3-4-15(8-17(13)30-11-14)27-6-5-16(10-27)29-2/h3-4,8-9,14,16H,5-7,10-11,23H2,1-2H3,(H,26,28)/t14-,16-/m1/s1. The van der Waals surface area contributed by atoms with Crippen LogP contribution in [0, 0.1) is 6.92 Å². The van der Waals surface area contributed by atoms with Gasteiger partial charge in [-0.1, -0.05) is 6.07 Å². The Morgan fingerprint density at radius 2 is 2.29 bits per heavy atom. The van der Waals surface area contributed by atoms with Gasteiger partial charge in [-0.25, -0.2) is 9.97 Å². The summed E-state index contributed by atoms with van der Waals surface area (Å²) in [4.78, 5) is 25.1. The second-order valence-electron chi connectivity index (χ2n) is 8.08. The molecule has 1 amide bonds. The van der Waals surface area contributed by atoms with Crippen LogP contribution in [-0.2, 0) is 11.2 Å². The number of benzene rings is 1. The number of carbonyl (C=O) groups excluding carboxylic acids is 1. The third-order valence-corrected chi connectivity index (χ3v) is 6.99. The van der Waals surface area contributed by atoms with Crippen LogP contribution >= 0.6 is 11.3 Å². The predicted molar refractivity (Wildman–Crippen MR) is 121 cm³/mol.